The highest BCUT2D eigenvalue weighted by Gasteiger charge is 2.28. The van der Waals surface area contributed by atoms with Crippen molar-refractivity contribution >= 4 is 28.7 Å². The Morgan fingerprint density at radius 1 is 1.10 bits per heavy atom. The lowest BCUT2D eigenvalue weighted by atomic mass is 10.0. The van der Waals surface area contributed by atoms with E-state index < -0.39 is 18.3 Å². The van der Waals surface area contributed by atoms with E-state index in [1.165, 1.54) is 13.8 Å². The molecule has 0 spiro atoms. The lowest BCUT2D eigenvalue weighted by molar-refractivity contribution is -0.171. The maximum Gasteiger partial charge on any atom is 0.419 e. The van der Waals surface area contributed by atoms with Crippen molar-refractivity contribution < 1.29 is 28.6 Å². The fourth-order valence-corrected chi connectivity index (χ4v) is 3.92. The zero-order valence-corrected chi connectivity index (χ0v) is 18.3. The Labute approximate surface area is 182 Å². The molecule has 0 heterocycles. The summed E-state index contributed by atoms with van der Waals surface area (Å²) >= 11 is 0. The molecule has 166 valence electrons. The molecule has 0 aromatic heterocycles. The highest BCUT2D eigenvalue weighted by atomic mass is 16.7. The van der Waals surface area contributed by atoms with E-state index >= 15 is 0 Å². The number of ether oxygens (including phenoxy) is 3. The fourth-order valence-electron chi connectivity index (χ4n) is 3.92. The molecule has 1 fully saturated rings. The number of nitrogens with zero attached hydrogens (tertiary/aromatic N) is 1. The van der Waals surface area contributed by atoms with E-state index in [9.17, 15) is 14.4 Å². The lowest BCUT2D eigenvalue weighted by Gasteiger charge is -2.22. The summed E-state index contributed by atoms with van der Waals surface area (Å²) in [6.45, 7) is 2.94. The van der Waals surface area contributed by atoms with Crippen molar-refractivity contribution in [1.82, 2.24) is 4.90 Å². The highest BCUT2D eigenvalue weighted by Crippen LogP contribution is 2.27. The maximum absolute atomic E-state index is 12.6. The minimum Gasteiger partial charge on any atom is -0.497 e. The van der Waals surface area contributed by atoms with Gasteiger partial charge in [-0.25, -0.2) is 9.69 Å². The van der Waals surface area contributed by atoms with Crippen LogP contribution < -0.4 is 4.74 Å². The predicted molar refractivity (Wildman–Crippen MR) is 116 cm³/mol. The Balaban J connectivity index is 1.63. The molecular weight excluding hydrogens is 398 g/mol. The first-order valence-electron chi connectivity index (χ1n) is 10.6. The monoisotopic (exact) mass is 427 g/mol. The molecule has 0 radical (unpaired) electrons. The third-order valence-electron chi connectivity index (χ3n) is 5.62. The van der Waals surface area contributed by atoms with Gasteiger partial charge in [0.1, 0.15) is 5.75 Å². The Bertz CT molecular complexity index is 950. The van der Waals surface area contributed by atoms with Crippen molar-refractivity contribution in [3.05, 3.63) is 42.0 Å². The van der Waals surface area contributed by atoms with Crippen molar-refractivity contribution in [2.45, 2.75) is 52.2 Å². The van der Waals surface area contributed by atoms with Crippen molar-refractivity contribution in [2.75, 3.05) is 13.7 Å². The molecule has 0 bridgehead atoms. The molecule has 3 rings (SSSR count). The number of hydrogen-bond donors (Lipinski definition) is 0. The molecule has 1 atom stereocenters. The second-order valence-corrected chi connectivity index (χ2v) is 7.79. The quantitative estimate of drug-likeness (QED) is 0.479. The predicted octanol–water partition coefficient (Wildman–Crippen LogP) is 4.46. The normalized spacial score (nSPS) is 14.8. The van der Waals surface area contributed by atoms with Crippen molar-refractivity contribution in [3.8, 4) is 5.75 Å². The van der Waals surface area contributed by atoms with E-state index in [0.717, 1.165) is 52.7 Å². The number of benzene rings is 2. The number of carbonyl (C=O) groups is 3. The summed E-state index contributed by atoms with van der Waals surface area (Å²) in [6, 6.07) is 11.7. The molecule has 2 aromatic rings. The number of hydrogen-bond acceptors (Lipinski definition) is 6. The highest BCUT2D eigenvalue weighted by molar-refractivity contribution is 5.91. The zero-order chi connectivity index (χ0) is 22.4. The smallest absolute Gasteiger partial charge is 0.419 e. The van der Waals surface area contributed by atoms with Gasteiger partial charge in [0.25, 0.3) is 0 Å². The molecule has 1 saturated carbocycles. The lowest BCUT2D eigenvalue weighted by Crippen LogP contribution is -2.39. The van der Waals surface area contributed by atoms with Crippen LogP contribution in [0.15, 0.2) is 36.4 Å². The first-order valence-corrected chi connectivity index (χ1v) is 10.6. The number of methoxy groups -OCH3 is 1. The summed E-state index contributed by atoms with van der Waals surface area (Å²) in [6.07, 6.45) is 2.19. The Morgan fingerprint density at radius 3 is 2.52 bits per heavy atom. The molecular formula is C24H29NO6. The average Bonchev–Trinajstić information content (AvgIpc) is 3.28. The minimum absolute atomic E-state index is 0.131. The first kappa shape index (κ1) is 22.6. The zero-order valence-electron chi connectivity index (χ0n) is 18.3. The first-order chi connectivity index (χ1) is 14.9. The molecule has 0 N–H and O–H groups in total. The van der Waals surface area contributed by atoms with Crippen LogP contribution in [0.1, 0.15) is 45.1 Å². The molecule has 31 heavy (non-hydrogen) atoms. The van der Waals surface area contributed by atoms with Crippen LogP contribution in [0.4, 0.5) is 4.79 Å². The number of fused-ring (bicyclic) bond motifs is 1. The number of esters is 1. The maximum atomic E-state index is 12.6. The molecule has 2 amide bonds. The Morgan fingerprint density at radius 2 is 1.84 bits per heavy atom. The van der Waals surface area contributed by atoms with Crippen molar-refractivity contribution in [3.63, 3.8) is 0 Å². The number of rotatable bonds is 7. The van der Waals surface area contributed by atoms with Crippen molar-refractivity contribution in [1.29, 1.82) is 0 Å². The molecule has 7 nitrogen and oxygen atoms in total. The molecule has 2 aromatic carbocycles. The number of carbonyl (C=O) groups excluding carboxylic acids is 3. The summed E-state index contributed by atoms with van der Waals surface area (Å²) in [5, 5.41) is 2.04. The molecule has 0 saturated heterocycles. The van der Waals surface area contributed by atoms with Gasteiger partial charge in [0.15, 0.2) is 0 Å². The fraction of sp³-hybridized carbons (Fsp3) is 0.458. The van der Waals surface area contributed by atoms with Gasteiger partial charge in [0.05, 0.1) is 13.0 Å². The van der Waals surface area contributed by atoms with Crippen LogP contribution in [0.2, 0.25) is 0 Å². The molecule has 7 heteroatoms. The van der Waals surface area contributed by atoms with Crippen LogP contribution in [0.25, 0.3) is 10.8 Å². The van der Waals surface area contributed by atoms with Crippen LogP contribution in [0.3, 0.4) is 0 Å². The second-order valence-electron chi connectivity index (χ2n) is 7.79. The average molecular weight is 427 g/mol. The van der Waals surface area contributed by atoms with E-state index in [2.05, 4.69) is 0 Å². The van der Waals surface area contributed by atoms with Gasteiger partial charge in [0.2, 0.25) is 12.2 Å². The standard InChI is InChI=1S/C24H29NO6/c1-16(26)25(24(28)31-17(2)30-23(27)20-7-4-5-8-20)14-13-19-10-6-9-18-11-12-21(29-3)15-22(18)19/h6,9-12,15,17,20H,4-5,7-8,13-14H2,1-3H3. The van der Waals surface area contributed by atoms with E-state index in [1.807, 2.05) is 36.4 Å². The molecule has 1 aliphatic rings. The molecule has 1 unspecified atom stereocenters. The minimum atomic E-state index is -1.05. The third kappa shape index (κ3) is 5.75. The summed E-state index contributed by atoms with van der Waals surface area (Å²) in [7, 11) is 1.61. The van der Waals surface area contributed by atoms with Crippen molar-refractivity contribution in [2.24, 2.45) is 5.92 Å². The molecule has 1 aliphatic carbocycles. The van der Waals surface area contributed by atoms with Gasteiger partial charge in [-0.2, -0.15) is 0 Å². The van der Waals surface area contributed by atoms with Gasteiger partial charge < -0.3 is 14.2 Å². The van der Waals surface area contributed by atoms with Crippen LogP contribution >= 0.6 is 0 Å². The summed E-state index contributed by atoms with van der Waals surface area (Å²) in [5.74, 6) is -0.178. The van der Waals surface area contributed by atoms with Gasteiger partial charge in [-0.3, -0.25) is 9.59 Å². The third-order valence-corrected chi connectivity index (χ3v) is 5.62. The largest absolute Gasteiger partial charge is 0.497 e. The van der Waals surface area contributed by atoms with E-state index in [-0.39, 0.29) is 18.4 Å². The van der Waals surface area contributed by atoms with Gasteiger partial charge in [0, 0.05) is 20.4 Å². The number of amides is 2. The van der Waals surface area contributed by atoms with Gasteiger partial charge in [-0.05, 0) is 47.7 Å². The van der Waals surface area contributed by atoms with E-state index in [0.29, 0.717) is 6.42 Å². The van der Waals surface area contributed by atoms with Crippen LogP contribution in [0, 0.1) is 5.92 Å². The van der Waals surface area contributed by atoms with Crippen LogP contribution in [0.5, 0.6) is 5.75 Å². The second kappa shape index (κ2) is 10.3. The van der Waals surface area contributed by atoms with Gasteiger partial charge >= 0.3 is 12.1 Å². The number of imide groups is 1. The van der Waals surface area contributed by atoms with Gasteiger partial charge in [-0.1, -0.05) is 37.1 Å². The Kier molecular flexibility index (Phi) is 7.50. The summed E-state index contributed by atoms with van der Waals surface area (Å²) in [5.41, 5.74) is 0.983. The summed E-state index contributed by atoms with van der Waals surface area (Å²) in [4.78, 5) is 37.8. The Hall–Kier alpha value is -3.09. The summed E-state index contributed by atoms with van der Waals surface area (Å²) < 4.78 is 15.8. The molecule has 0 aliphatic heterocycles. The van der Waals surface area contributed by atoms with Crippen LogP contribution in [-0.2, 0) is 25.5 Å². The van der Waals surface area contributed by atoms with E-state index in [1.54, 1.807) is 7.11 Å². The van der Waals surface area contributed by atoms with Crippen LogP contribution in [-0.4, -0.2) is 42.8 Å². The SMILES string of the molecule is COc1ccc2cccc(CCN(C(C)=O)C(=O)OC(C)OC(=O)C3CCCC3)c2c1. The topological polar surface area (TPSA) is 82.1 Å². The van der Waals surface area contributed by atoms with Gasteiger partial charge in [-0.15, -0.1) is 0 Å². The van der Waals surface area contributed by atoms with E-state index in [4.69, 9.17) is 14.2 Å².